The molecule has 24 heavy (non-hydrogen) atoms. The molecule has 0 unspecified atom stereocenters. The predicted molar refractivity (Wildman–Crippen MR) is 90.1 cm³/mol. The zero-order valence-electron chi connectivity index (χ0n) is 13.5. The molecule has 0 N–H and O–H groups in total. The summed E-state index contributed by atoms with van der Waals surface area (Å²) < 4.78 is 26.2. The van der Waals surface area contributed by atoms with Crippen LogP contribution in [0.3, 0.4) is 0 Å². The summed E-state index contributed by atoms with van der Waals surface area (Å²) in [5.74, 6) is -0.109. The minimum Gasteiger partial charge on any atom is -0.336 e. The van der Waals surface area contributed by atoms with Crippen LogP contribution in [0.1, 0.15) is 15.9 Å². The molecule has 8 heteroatoms. The van der Waals surface area contributed by atoms with Crippen molar-refractivity contribution >= 4 is 15.9 Å². The van der Waals surface area contributed by atoms with E-state index in [4.69, 9.17) is 0 Å². The van der Waals surface area contributed by atoms with Crippen molar-refractivity contribution in [2.24, 2.45) is 0 Å². The number of aromatic nitrogens is 2. The van der Waals surface area contributed by atoms with Crippen molar-refractivity contribution in [3.63, 3.8) is 0 Å². The second-order valence-corrected chi connectivity index (χ2v) is 7.85. The highest BCUT2D eigenvalue weighted by atomic mass is 32.2. The first-order valence-corrected chi connectivity index (χ1v) is 9.59. The van der Waals surface area contributed by atoms with Gasteiger partial charge in [0.05, 0.1) is 24.6 Å². The Bertz CT molecular complexity index is 809. The van der Waals surface area contributed by atoms with Gasteiger partial charge >= 0.3 is 0 Å². The molecular weight excluding hydrogens is 328 g/mol. The highest BCUT2D eigenvalue weighted by molar-refractivity contribution is 7.88. The van der Waals surface area contributed by atoms with Crippen LogP contribution in [0.25, 0.3) is 0 Å². The Labute approximate surface area is 141 Å². The summed E-state index contributed by atoms with van der Waals surface area (Å²) in [5, 5.41) is 4.24. The van der Waals surface area contributed by atoms with Crippen LogP contribution < -0.4 is 0 Å². The van der Waals surface area contributed by atoms with Gasteiger partial charge in [-0.1, -0.05) is 30.3 Å². The third kappa shape index (κ3) is 3.82. The van der Waals surface area contributed by atoms with E-state index in [-0.39, 0.29) is 5.91 Å². The first-order chi connectivity index (χ1) is 11.4. The molecule has 1 aromatic carbocycles. The van der Waals surface area contributed by atoms with Crippen molar-refractivity contribution in [1.29, 1.82) is 0 Å². The van der Waals surface area contributed by atoms with Crippen LogP contribution in [0.15, 0.2) is 42.7 Å². The summed E-state index contributed by atoms with van der Waals surface area (Å²) in [6.45, 7) is 2.08. The Morgan fingerprint density at radius 3 is 2.42 bits per heavy atom. The minimum absolute atomic E-state index is 0.109. The van der Waals surface area contributed by atoms with Crippen LogP contribution in [-0.2, 0) is 16.6 Å². The van der Waals surface area contributed by atoms with Crippen molar-refractivity contribution in [2.45, 2.75) is 6.54 Å². The number of hydrogen-bond acceptors (Lipinski definition) is 4. The second-order valence-electron chi connectivity index (χ2n) is 5.87. The molecule has 1 aromatic heterocycles. The Morgan fingerprint density at radius 2 is 1.79 bits per heavy atom. The van der Waals surface area contributed by atoms with Crippen LogP contribution >= 0.6 is 0 Å². The van der Waals surface area contributed by atoms with Crippen LogP contribution in [0, 0.1) is 0 Å². The van der Waals surface area contributed by atoms with Crippen molar-refractivity contribution in [3.05, 3.63) is 53.9 Å². The second kappa shape index (κ2) is 6.74. The molecule has 3 rings (SSSR count). The van der Waals surface area contributed by atoms with E-state index in [1.54, 1.807) is 22.0 Å². The molecule has 0 spiro atoms. The molecule has 7 nitrogen and oxygen atoms in total. The first kappa shape index (κ1) is 16.7. The van der Waals surface area contributed by atoms with Gasteiger partial charge in [-0.05, 0) is 5.56 Å². The van der Waals surface area contributed by atoms with Crippen LogP contribution in [0.2, 0.25) is 0 Å². The SMILES string of the molecule is CS(=O)(=O)N1CCN(C(=O)c2cnn(Cc3ccccc3)c2)CC1. The van der Waals surface area contributed by atoms with Crippen molar-refractivity contribution in [3.8, 4) is 0 Å². The normalized spacial score (nSPS) is 16.3. The fourth-order valence-corrected chi connectivity index (χ4v) is 3.56. The average Bonchev–Trinajstić information content (AvgIpc) is 3.03. The van der Waals surface area contributed by atoms with Gasteiger partial charge in [-0.3, -0.25) is 9.48 Å². The summed E-state index contributed by atoms with van der Waals surface area (Å²) in [4.78, 5) is 14.2. The zero-order chi connectivity index (χ0) is 17.2. The molecule has 2 aromatic rings. The Kier molecular flexibility index (Phi) is 4.68. The topological polar surface area (TPSA) is 75.5 Å². The molecule has 1 aliphatic rings. The van der Waals surface area contributed by atoms with Crippen molar-refractivity contribution < 1.29 is 13.2 Å². The highest BCUT2D eigenvalue weighted by Gasteiger charge is 2.27. The van der Waals surface area contributed by atoms with Crippen LogP contribution in [0.4, 0.5) is 0 Å². The number of piperazine rings is 1. The molecule has 0 saturated carbocycles. The summed E-state index contributed by atoms with van der Waals surface area (Å²) in [7, 11) is -3.19. The number of hydrogen-bond donors (Lipinski definition) is 0. The van der Waals surface area contributed by atoms with Gasteiger partial charge in [0.15, 0.2) is 0 Å². The summed E-state index contributed by atoms with van der Waals surface area (Å²) in [5.41, 5.74) is 1.64. The highest BCUT2D eigenvalue weighted by Crippen LogP contribution is 2.11. The fourth-order valence-electron chi connectivity index (χ4n) is 2.74. The number of sulfonamides is 1. The van der Waals surface area contributed by atoms with Gasteiger partial charge in [-0.25, -0.2) is 8.42 Å². The van der Waals surface area contributed by atoms with E-state index in [1.807, 2.05) is 30.3 Å². The van der Waals surface area contributed by atoms with Gasteiger partial charge in [0.2, 0.25) is 10.0 Å². The fraction of sp³-hybridized carbons (Fsp3) is 0.375. The van der Waals surface area contributed by atoms with Crippen molar-refractivity contribution in [1.82, 2.24) is 19.0 Å². The summed E-state index contributed by atoms with van der Waals surface area (Å²) in [6, 6.07) is 9.90. The molecule has 1 saturated heterocycles. The molecular formula is C16H20N4O3S. The van der Waals surface area contributed by atoms with E-state index >= 15 is 0 Å². The van der Waals surface area contributed by atoms with Gasteiger partial charge in [0.1, 0.15) is 0 Å². The lowest BCUT2D eigenvalue weighted by molar-refractivity contribution is 0.0698. The van der Waals surface area contributed by atoms with E-state index < -0.39 is 10.0 Å². The number of amides is 1. The molecule has 128 valence electrons. The number of benzene rings is 1. The smallest absolute Gasteiger partial charge is 0.257 e. The van der Waals surface area contributed by atoms with E-state index in [0.717, 1.165) is 5.56 Å². The average molecular weight is 348 g/mol. The molecule has 1 amide bonds. The molecule has 1 fully saturated rings. The van der Waals surface area contributed by atoms with Gasteiger partial charge in [0.25, 0.3) is 5.91 Å². The van der Waals surface area contributed by atoms with Gasteiger partial charge in [-0.2, -0.15) is 9.40 Å². The monoisotopic (exact) mass is 348 g/mol. The molecule has 0 atom stereocenters. The Hall–Kier alpha value is -2.19. The van der Waals surface area contributed by atoms with Crippen molar-refractivity contribution in [2.75, 3.05) is 32.4 Å². The van der Waals surface area contributed by atoms with Crippen LogP contribution in [0.5, 0.6) is 0 Å². The van der Waals surface area contributed by atoms with E-state index in [2.05, 4.69) is 5.10 Å². The number of rotatable bonds is 4. The lowest BCUT2D eigenvalue weighted by Gasteiger charge is -2.33. The first-order valence-electron chi connectivity index (χ1n) is 7.74. The number of carbonyl (C=O) groups is 1. The van der Waals surface area contributed by atoms with Gasteiger partial charge < -0.3 is 4.90 Å². The maximum atomic E-state index is 12.5. The molecule has 0 aliphatic carbocycles. The molecule has 2 heterocycles. The largest absolute Gasteiger partial charge is 0.336 e. The van der Waals surface area contributed by atoms with Gasteiger partial charge in [0, 0.05) is 32.4 Å². The van der Waals surface area contributed by atoms with E-state index in [1.165, 1.54) is 10.6 Å². The lowest BCUT2D eigenvalue weighted by atomic mass is 10.2. The maximum absolute atomic E-state index is 12.5. The standard InChI is InChI=1S/C16H20N4O3S/c1-24(22,23)20-9-7-18(8-10-20)16(21)15-11-17-19(13-15)12-14-5-3-2-4-6-14/h2-6,11,13H,7-10,12H2,1H3. The third-order valence-electron chi connectivity index (χ3n) is 4.06. The predicted octanol–water partition coefficient (Wildman–Crippen LogP) is 0.649. The third-order valence-corrected chi connectivity index (χ3v) is 5.37. The maximum Gasteiger partial charge on any atom is 0.257 e. The number of carbonyl (C=O) groups excluding carboxylic acids is 1. The summed E-state index contributed by atoms with van der Waals surface area (Å²) in [6.07, 6.45) is 4.49. The molecule has 1 aliphatic heterocycles. The minimum atomic E-state index is -3.19. The van der Waals surface area contributed by atoms with Crippen LogP contribution in [-0.4, -0.2) is 65.7 Å². The molecule has 0 radical (unpaired) electrons. The Morgan fingerprint density at radius 1 is 1.12 bits per heavy atom. The Balaban J connectivity index is 1.62. The quantitative estimate of drug-likeness (QED) is 0.813. The zero-order valence-corrected chi connectivity index (χ0v) is 14.3. The number of nitrogens with zero attached hydrogens (tertiary/aromatic N) is 4. The van der Waals surface area contributed by atoms with E-state index in [9.17, 15) is 13.2 Å². The molecule has 0 bridgehead atoms. The van der Waals surface area contributed by atoms with Gasteiger partial charge in [-0.15, -0.1) is 0 Å². The summed E-state index contributed by atoms with van der Waals surface area (Å²) >= 11 is 0. The lowest BCUT2D eigenvalue weighted by Crippen LogP contribution is -2.50. The van der Waals surface area contributed by atoms with E-state index in [0.29, 0.717) is 38.3 Å².